The second kappa shape index (κ2) is 8.94. The summed E-state index contributed by atoms with van der Waals surface area (Å²) in [6, 6.07) is 7.90. The van der Waals surface area contributed by atoms with Crippen LogP contribution in [0, 0.1) is 0 Å². The van der Waals surface area contributed by atoms with Crippen LogP contribution in [0.4, 0.5) is 13.2 Å². The van der Waals surface area contributed by atoms with Crippen LogP contribution in [-0.4, -0.2) is 43.8 Å². The van der Waals surface area contributed by atoms with Crippen LogP contribution in [-0.2, 0) is 32.3 Å². The number of halogens is 3. The molecule has 0 saturated heterocycles. The molecular weight excluding hydrogens is 467 g/mol. The number of fused-ring (bicyclic) bond motifs is 1. The van der Waals surface area contributed by atoms with Crippen LogP contribution in [0.2, 0.25) is 0 Å². The normalized spacial score (nSPS) is 13.2. The molecule has 8 nitrogen and oxygen atoms in total. The second-order valence-electron chi connectivity index (χ2n) is 6.98. The van der Waals surface area contributed by atoms with Crippen LogP contribution in [0.15, 0.2) is 47.4 Å². The summed E-state index contributed by atoms with van der Waals surface area (Å²) in [7, 11) is -1.83. The minimum absolute atomic E-state index is 0.0168. The van der Waals surface area contributed by atoms with E-state index in [1.807, 2.05) is 0 Å². The first-order chi connectivity index (χ1) is 15.4. The molecule has 1 aromatic heterocycles. The summed E-state index contributed by atoms with van der Waals surface area (Å²) in [5.41, 5.74) is -1.08. The quantitative estimate of drug-likeness (QED) is 0.514. The van der Waals surface area contributed by atoms with E-state index in [1.165, 1.54) is 45.4 Å². The van der Waals surface area contributed by atoms with Gasteiger partial charge in [0, 0.05) is 11.5 Å². The van der Waals surface area contributed by atoms with Gasteiger partial charge in [-0.05, 0) is 43.3 Å². The third-order valence-electron chi connectivity index (χ3n) is 4.87. The second-order valence-corrected chi connectivity index (χ2v) is 8.74. The SMILES string of the molecule is COc1ccc(OC)c(S(=O)(=O)n2c(COC(C)C(=O)O)cc3cc(C(F)(F)F)ccc32)c1. The molecule has 0 fully saturated rings. The molecule has 0 aliphatic carbocycles. The number of aromatic nitrogens is 1. The van der Waals surface area contributed by atoms with Gasteiger partial charge in [0.1, 0.15) is 16.4 Å². The number of nitrogens with zero attached hydrogens (tertiary/aromatic N) is 1. The van der Waals surface area contributed by atoms with Crippen LogP contribution in [0.1, 0.15) is 18.2 Å². The minimum atomic E-state index is -4.64. The lowest BCUT2D eigenvalue weighted by atomic mass is 10.1. The van der Waals surface area contributed by atoms with Gasteiger partial charge >= 0.3 is 12.1 Å². The van der Waals surface area contributed by atoms with Gasteiger partial charge in [0.05, 0.1) is 37.6 Å². The summed E-state index contributed by atoms with van der Waals surface area (Å²) >= 11 is 0. The maximum Gasteiger partial charge on any atom is 0.416 e. The molecule has 1 unspecified atom stereocenters. The minimum Gasteiger partial charge on any atom is -0.497 e. The highest BCUT2D eigenvalue weighted by Crippen LogP contribution is 2.36. The van der Waals surface area contributed by atoms with E-state index in [9.17, 15) is 26.4 Å². The van der Waals surface area contributed by atoms with E-state index in [-0.39, 0.29) is 33.0 Å². The molecule has 3 aromatic rings. The number of alkyl halides is 3. The Morgan fingerprint density at radius 1 is 1.09 bits per heavy atom. The van der Waals surface area contributed by atoms with Gasteiger partial charge in [0.2, 0.25) is 0 Å². The number of hydrogen-bond acceptors (Lipinski definition) is 6. The number of aliphatic carboxylic acids is 1. The summed E-state index contributed by atoms with van der Waals surface area (Å²) < 4.78 is 83.3. The number of rotatable bonds is 8. The maximum atomic E-state index is 13.7. The van der Waals surface area contributed by atoms with Crippen LogP contribution in [0.3, 0.4) is 0 Å². The zero-order valence-corrected chi connectivity index (χ0v) is 18.5. The third kappa shape index (κ3) is 4.76. The number of carboxylic acids is 1. The molecule has 0 aliphatic heterocycles. The molecule has 1 N–H and O–H groups in total. The van der Waals surface area contributed by atoms with Crippen molar-refractivity contribution in [3.05, 3.63) is 53.7 Å². The topological polar surface area (TPSA) is 104 Å². The van der Waals surface area contributed by atoms with Crippen molar-refractivity contribution in [1.29, 1.82) is 0 Å². The van der Waals surface area contributed by atoms with Crippen molar-refractivity contribution in [2.24, 2.45) is 0 Å². The lowest BCUT2D eigenvalue weighted by Gasteiger charge is -2.16. The molecule has 0 spiro atoms. The van der Waals surface area contributed by atoms with Gasteiger partial charge < -0.3 is 19.3 Å². The Bertz CT molecular complexity index is 1300. The highest BCUT2D eigenvalue weighted by Gasteiger charge is 2.32. The highest BCUT2D eigenvalue weighted by atomic mass is 32.2. The Labute approximate surface area is 187 Å². The molecule has 33 heavy (non-hydrogen) atoms. The highest BCUT2D eigenvalue weighted by molar-refractivity contribution is 7.90. The molecule has 3 rings (SSSR count). The average Bonchev–Trinajstić information content (AvgIpc) is 3.14. The molecule has 12 heteroatoms. The van der Waals surface area contributed by atoms with Crippen molar-refractivity contribution in [3.63, 3.8) is 0 Å². The van der Waals surface area contributed by atoms with Crippen LogP contribution in [0.25, 0.3) is 10.9 Å². The van der Waals surface area contributed by atoms with Crippen LogP contribution >= 0.6 is 0 Å². The van der Waals surface area contributed by atoms with Crippen LogP contribution in [0.5, 0.6) is 11.5 Å². The maximum absolute atomic E-state index is 13.7. The van der Waals surface area contributed by atoms with Gasteiger partial charge in [0.15, 0.2) is 6.10 Å². The fourth-order valence-electron chi connectivity index (χ4n) is 3.17. The Morgan fingerprint density at radius 3 is 2.36 bits per heavy atom. The predicted molar refractivity (Wildman–Crippen MR) is 111 cm³/mol. The molecule has 0 amide bonds. The summed E-state index contributed by atoms with van der Waals surface area (Å²) in [6.45, 7) is 0.756. The molecule has 0 saturated carbocycles. The average molecular weight is 487 g/mol. The number of benzene rings is 2. The smallest absolute Gasteiger partial charge is 0.416 e. The van der Waals surface area contributed by atoms with Crippen molar-refractivity contribution in [3.8, 4) is 11.5 Å². The summed E-state index contributed by atoms with van der Waals surface area (Å²) in [6.07, 6.45) is -5.92. The van der Waals surface area contributed by atoms with E-state index in [4.69, 9.17) is 19.3 Å². The summed E-state index contributed by atoms with van der Waals surface area (Å²) in [5.74, 6) is -1.09. The third-order valence-corrected chi connectivity index (χ3v) is 6.66. The Hall–Kier alpha value is -3.25. The fourth-order valence-corrected chi connectivity index (χ4v) is 4.88. The first-order valence-electron chi connectivity index (χ1n) is 9.43. The molecule has 0 radical (unpaired) electrons. The lowest BCUT2D eigenvalue weighted by molar-refractivity contribution is -0.150. The molecule has 178 valence electrons. The molecule has 0 aliphatic rings. The Kier molecular flexibility index (Phi) is 6.61. The standard InChI is InChI=1S/C21H20F3NO7S/c1-12(20(26)27)32-11-15-9-13-8-14(21(22,23)24)4-6-17(13)25(15)33(28,29)19-10-16(30-2)5-7-18(19)31-3/h4-10,12H,11H2,1-3H3,(H,26,27). The van der Waals surface area contributed by atoms with Crippen molar-refractivity contribution in [1.82, 2.24) is 3.97 Å². The van der Waals surface area contributed by atoms with E-state index in [0.29, 0.717) is 0 Å². The number of hydrogen-bond donors (Lipinski definition) is 1. The van der Waals surface area contributed by atoms with E-state index < -0.39 is 40.4 Å². The van der Waals surface area contributed by atoms with Gasteiger partial charge in [-0.1, -0.05) is 0 Å². The lowest BCUT2D eigenvalue weighted by Crippen LogP contribution is -2.22. The largest absolute Gasteiger partial charge is 0.497 e. The molecule has 1 atom stereocenters. The van der Waals surface area contributed by atoms with Gasteiger partial charge in [-0.15, -0.1) is 0 Å². The van der Waals surface area contributed by atoms with Crippen molar-refractivity contribution >= 4 is 26.9 Å². The van der Waals surface area contributed by atoms with E-state index >= 15 is 0 Å². The van der Waals surface area contributed by atoms with Gasteiger partial charge in [-0.25, -0.2) is 17.2 Å². The van der Waals surface area contributed by atoms with Crippen molar-refractivity contribution in [2.75, 3.05) is 14.2 Å². The zero-order valence-electron chi connectivity index (χ0n) is 17.7. The zero-order chi connectivity index (χ0) is 24.6. The first kappa shape index (κ1) is 24.4. The van der Waals surface area contributed by atoms with Crippen LogP contribution < -0.4 is 9.47 Å². The monoisotopic (exact) mass is 487 g/mol. The summed E-state index contributed by atoms with van der Waals surface area (Å²) in [5, 5.41) is 9.04. The van der Waals surface area contributed by atoms with Crippen molar-refractivity contribution in [2.45, 2.75) is 30.7 Å². The number of ether oxygens (including phenoxy) is 3. The molecule has 1 heterocycles. The number of carboxylic acid groups (broad SMARTS) is 1. The molecular formula is C21H20F3NO7S. The number of methoxy groups -OCH3 is 2. The fraction of sp³-hybridized carbons (Fsp3) is 0.286. The van der Waals surface area contributed by atoms with Gasteiger partial charge in [-0.3, -0.25) is 0 Å². The van der Waals surface area contributed by atoms with E-state index in [2.05, 4.69) is 0 Å². The Balaban J connectivity index is 2.26. The van der Waals surface area contributed by atoms with E-state index in [0.717, 1.165) is 22.2 Å². The van der Waals surface area contributed by atoms with E-state index in [1.54, 1.807) is 0 Å². The molecule has 2 aromatic carbocycles. The number of carbonyl (C=O) groups is 1. The van der Waals surface area contributed by atoms with Gasteiger partial charge in [-0.2, -0.15) is 13.2 Å². The van der Waals surface area contributed by atoms with Gasteiger partial charge in [0.25, 0.3) is 10.0 Å². The molecule has 0 bridgehead atoms. The Morgan fingerprint density at radius 2 is 1.79 bits per heavy atom. The predicted octanol–water partition coefficient (Wildman–Crippen LogP) is 3.90. The summed E-state index contributed by atoms with van der Waals surface area (Å²) in [4.78, 5) is 10.8. The first-order valence-corrected chi connectivity index (χ1v) is 10.9. The van der Waals surface area contributed by atoms with Crippen molar-refractivity contribution < 1.29 is 45.7 Å².